The van der Waals surface area contributed by atoms with Crippen LogP contribution in [0.25, 0.3) is 0 Å². The summed E-state index contributed by atoms with van der Waals surface area (Å²) in [7, 11) is 0. The van der Waals surface area contributed by atoms with E-state index in [2.05, 4.69) is 15.9 Å². The van der Waals surface area contributed by atoms with Crippen LogP contribution in [-0.2, 0) is 0 Å². The Kier molecular flexibility index (Phi) is 2.42. The highest BCUT2D eigenvalue weighted by Gasteiger charge is 2.15. The lowest BCUT2D eigenvalue weighted by atomic mass is 10.3. The number of halogens is 1. The van der Waals surface area contributed by atoms with Gasteiger partial charge in [0.05, 0.1) is 0 Å². The lowest BCUT2D eigenvalue weighted by Crippen LogP contribution is -2.21. The van der Waals surface area contributed by atoms with E-state index in [9.17, 15) is 5.11 Å². The smallest absolute Gasteiger partial charge is 0.162 e. The molecule has 1 aliphatic rings. The summed E-state index contributed by atoms with van der Waals surface area (Å²) in [4.78, 5) is 0. The molecule has 13 heavy (non-hydrogen) atoms. The molecule has 0 fully saturated rings. The molecule has 1 aromatic carbocycles. The van der Waals surface area contributed by atoms with E-state index in [1.807, 2.05) is 18.2 Å². The van der Waals surface area contributed by atoms with Crippen LogP contribution in [0.1, 0.15) is 0 Å². The van der Waals surface area contributed by atoms with Gasteiger partial charge >= 0.3 is 0 Å². The SMILES string of the molecule is OC1COc2ccc(Br)cc2OC1. The first-order valence-electron chi connectivity index (χ1n) is 3.99. The predicted octanol–water partition coefficient (Wildman–Crippen LogP) is 1.58. The number of rotatable bonds is 0. The Morgan fingerprint density at radius 3 is 2.69 bits per heavy atom. The summed E-state index contributed by atoms with van der Waals surface area (Å²) in [5.41, 5.74) is 0. The second-order valence-corrected chi connectivity index (χ2v) is 3.78. The molecular weight excluding hydrogens is 236 g/mol. The summed E-state index contributed by atoms with van der Waals surface area (Å²) in [5, 5.41) is 9.27. The number of ether oxygens (including phenoxy) is 2. The van der Waals surface area contributed by atoms with Gasteiger partial charge < -0.3 is 14.6 Å². The minimum atomic E-state index is -0.550. The maximum Gasteiger partial charge on any atom is 0.162 e. The van der Waals surface area contributed by atoms with Crippen molar-refractivity contribution in [2.24, 2.45) is 0 Å². The third kappa shape index (κ3) is 1.95. The molecule has 1 atom stereocenters. The summed E-state index contributed by atoms with van der Waals surface area (Å²) in [6.45, 7) is 0.568. The molecular formula is C9H9BrO3. The van der Waals surface area contributed by atoms with E-state index in [0.29, 0.717) is 11.5 Å². The van der Waals surface area contributed by atoms with Gasteiger partial charge in [0.15, 0.2) is 11.5 Å². The average Bonchev–Trinajstić information content (AvgIpc) is 2.29. The van der Waals surface area contributed by atoms with Crippen molar-refractivity contribution >= 4 is 15.9 Å². The van der Waals surface area contributed by atoms with Crippen LogP contribution in [0, 0.1) is 0 Å². The van der Waals surface area contributed by atoms with Gasteiger partial charge in [0.1, 0.15) is 19.3 Å². The largest absolute Gasteiger partial charge is 0.487 e. The van der Waals surface area contributed by atoms with Crippen LogP contribution >= 0.6 is 15.9 Å². The van der Waals surface area contributed by atoms with E-state index in [1.165, 1.54) is 0 Å². The fourth-order valence-electron chi connectivity index (χ4n) is 1.13. The average molecular weight is 245 g/mol. The number of benzene rings is 1. The molecule has 0 aliphatic carbocycles. The minimum Gasteiger partial charge on any atom is -0.487 e. The van der Waals surface area contributed by atoms with Gasteiger partial charge in [-0.25, -0.2) is 0 Å². The molecule has 0 saturated carbocycles. The van der Waals surface area contributed by atoms with Gasteiger partial charge in [-0.05, 0) is 18.2 Å². The minimum absolute atomic E-state index is 0.281. The van der Waals surface area contributed by atoms with Gasteiger partial charge in [-0.2, -0.15) is 0 Å². The molecule has 0 radical (unpaired) electrons. The molecule has 1 N–H and O–H groups in total. The molecule has 2 rings (SSSR count). The number of hydrogen-bond acceptors (Lipinski definition) is 3. The Morgan fingerprint density at radius 1 is 1.23 bits per heavy atom. The second kappa shape index (κ2) is 3.55. The van der Waals surface area contributed by atoms with E-state index >= 15 is 0 Å². The summed E-state index contributed by atoms with van der Waals surface area (Å²) in [5.74, 6) is 1.35. The van der Waals surface area contributed by atoms with E-state index in [0.717, 1.165) is 4.47 Å². The van der Waals surface area contributed by atoms with Crippen molar-refractivity contribution in [1.29, 1.82) is 0 Å². The van der Waals surface area contributed by atoms with Gasteiger partial charge in [0.2, 0.25) is 0 Å². The van der Waals surface area contributed by atoms with Crippen LogP contribution in [0.15, 0.2) is 22.7 Å². The van der Waals surface area contributed by atoms with Gasteiger partial charge in [-0.15, -0.1) is 0 Å². The standard InChI is InChI=1S/C9H9BrO3/c10-6-1-2-8-9(3-6)13-5-7(11)4-12-8/h1-3,7,11H,4-5H2. The molecule has 1 aliphatic heterocycles. The van der Waals surface area contributed by atoms with E-state index in [-0.39, 0.29) is 13.2 Å². The van der Waals surface area contributed by atoms with E-state index in [1.54, 1.807) is 0 Å². The van der Waals surface area contributed by atoms with Crippen LogP contribution < -0.4 is 9.47 Å². The highest BCUT2D eigenvalue weighted by atomic mass is 79.9. The lowest BCUT2D eigenvalue weighted by Gasteiger charge is -2.05. The third-order valence-electron chi connectivity index (χ3n) is 1.77. The number of aliphatic hydroxyl groups excluding tert-OH is 1. The fourth-order valence-corrected chi connectivity index (χ4v) is 1.47. The second-order valence-electron chi connectivity index (χ2n) is 2.87. The van der Waals surface area contributed by atoms with Crippen LogP contribution in [0.2, 0.25) is 0 Å². The Labute approximate surface area is 84.4 Å². The van der Waals surface area contributed by atoms with E-state index < -0.39 is 6.10 Å². The van der Waals surface area contributed by atoms with Crippen molar-refractivity contribution in [2.75, 3.05) is 13.2 Å². The molecule has 0 saturated heterocycles. The molecule has 4 heteroatoms. The first kappa shape index (κ1) is 8.84. The first-order chi connectivity index (χ1) is 6.25. The van der Waals surface area contributed by atoms with Gasteiger partial charge in [0, 0.05) is 4.47 Å². The van der Waals surface area contributed by atoms with Crippen LogP contribution in [0.3, 0.4) is 0 Å². The summed E-state index contributed by atoms with van der Waals surface area (Å²) in [6, 6.07) is 5.52. The Hall–Kier alpha value is -0.740. The molecule has 0 aromatic heterocycles. The molecule has 70 valence electrons. The molecule has 0 bridgehead atoms. The van der Waals surface area contributed by atoms with Crippen molar-refractivity contribution in [3.05, 3.63) is 22.7 Å². The van der Waals surface area contributed by atoms with Crippen molar-refractivity contribution in [3.8, 4) is 11.5 Å². The van der Waals surface area contributed by atoms with Crippen LogP contribution in [0.4, 0.5) is 0 Å². The van der Waals surface area contributed by atoms with Crippen molar-refractivity contribution < 1.29 is 14.6 Å². The third-order valence-corrected chi connectivity index (χ3v) is 2.26. The normalized spacial score (nSPS) is 20.9. The van der Waals surface area contributed by atoms with E-state index in [4.69, 9.17) is 9.47 Å². The summed E-state index contributed by atoms with van der Waals surface area (Å²) in [6.07, 6.45) is -0.550. The van der Waals surface area contributed by atoms with Gasteiger partial charge in [0.25, 0.3) is 0 Å². The maximum absolute atomic E-state index is 9.27. The Balaban J connectivity index is 2.30. The number of aliphatic hydroxyl groups is 1. The lowest BCUT2D eigenvalue weighted by molar-refractivity contribution is 0.0802. The Bertz CT molecular complexity index is 314. The topological polar surface area (TPSA) is 38.7 Å². The molecule has 1 heterocycles. The quantitative estimate of drug-likeness (QED) is 0.754. The van der Waals surface area contributed by atoms with Crippen molar-refractivity contribution in [2.45, 2.75) is 6.10 Å². The monoisotopic (exact) mass is 244 g/mol. The van der Waals surface area contributed by atoms with Crippen molar-refractivity contribution in [1.82, 2.24) is 0 Å². The predicted molar refractivity (Wildman–Crippen MR) is 51.1 cm³/mol. The zero-order valence-corrected chi connectivity index (χ0v) is 8.45. The van der Waals surface area contributed by atoms with Crippen molar-refractivity contribution in [3.63, 3.8) is 0 Å². The van der Waals surface area contributed by atoms with Gasteiger partial charge in [-0.3, -0.25) is 0 Å². The zero-order chi connectivity index (χ0) is 9.26. The number of hydrogen-bond donors (Lipinski definition) is 1. The van der Waals surface area contributed by atoms with Gasteiger partial charge in [-0.1, -0.05) is 15.9 Å². The highest BCUT2D eigenvalue weighted by Crippen LogP contribution is 2.32. The summed E-state index contributed by atoms with van der Waals surface area (Å²) < 4.78 is 11.6. The fraction of sp³-hybridized carbons (Fsp3) is 0.333. The molecule has 0 amide bonds. The van der Waals surface area contributed by atoms with Crippen LogP contribution in [0.5, 0.6) is 11.5 Å². The maximum atomic E-state index is 9.27. The summed E-state index contributed by atoms with van der Waals surface area (Å²) >= 11 is 3.33. The zero-order valence-electron chi connectivity index (χ0n) is 6.87. The molecule has 1 unspecified atom stereocenters. The first-order valence-corrected chi connectivity index (χ1v) is 4.78. The molecule has 0 spiro atoms. The number of fused-ring (bicyclic) bond motifs is 1. The molecule has 1 aromatic rings. The highest BCUT2D eigenvalue weighted by molar-refractivity contribution is 9.10. The Morgan fingerprint density at radius 2 is 1.92 bits per heavy atom. The van der Waals surface area contributed by atoms with Crippen LogP contribution in [-0.4, -0.2) is 24.4 Å². The molecule has 3 nitrogen and oxygen atoms in total.